The van der Waals surface area contributed by atoms with E-state index in [-0.39, 0.29) is 12.5 Å². The smallest absolute Gasteiger partial charge is 0.331 e. The number of carboxylic acid groups (broad SMARTS) is 1. The van der Waals surface area contributed by atoms with Crippen molar-refractivity contribution in [2.45, 2.75) is 18.6 Å². The van der Waals surface area contributed by atoms with Crippen LogP contribution in [0.2, 0.25) is 0 Å². The maximum Gasteiger partial charge on any atom is 0.331 e. The molecule has 1 aromatic carbocycles. The summed E-state index contributed by atoms with van der Waals surface area (Å²) in [6.45, 7) is 1.39. The number of rotatable bonds is 2. The summed E-state index contributed by atoms with van der Waals surface area (Å²) in [5.41, 5.74) is 1.66. The van der Waals surface area contributed by atoms with Gasteiger partial charge in [0.1, 0.15) is 0 Å². The van der Waals surface area contributed by atoms with Gasteiger partial charge in [-0.3, -0.25) is 4.79 Å². The van der Waals surface area contributed by atoms with Crippen molar-refractivity contribution in [3.05, 3.63) is 35.4 Å². The van der Waals surface area contributed by atoms with Crippen molar-refractivity contribution in [1.82, 2.24) is 4.90 Å². The van der Waals surface area contributed by atoms with E-state index in [9.17, 15) is 14.7 Å². The molecule has 0 radical (unpaired) electrons. The summed E-state index contributed by atoms with van der Waals surface area (Å²) in [6, 6.07) is 6.41. The molecular formula is C15H17NO5. The Morgan fingerprint density at radius 2 is 2.05 bits per heavy atom. The van der Waals surface area contributed by atoms with Gasteiger partial charge in [-0.25, -0.2) is 4.79 Å². The van der Waals surface area contributed by atoms with Crippen LogP contribution in [-0.2, 0) is 25.5 Å². The van der Waals surface area contributed by atoms with Crippen LogP contribution in [0.3, 0.4) is 0 Å². The molecule has 3 rings (SSSR count). The standard InChI is InChI=1S/C15H17NO5/c17-14(12-9-20-7-8-21-12)16-6-5-10-3-1-2-4-11(10)13(16)15(18)19/h1-4,12-13H,5-9H2,(H,18,19)/t12-,13+/m0/s1. The Bertz CT molecular complexity index is 553. The number of carbonyl (C=O) groups excluding carboxylic acids is 1. The maximum absolute atomic E-state index is 12.5. The summed E-state index contributed by atoms with van der Waals surface area (Å²) in [6.07, 6.45) is -0.0509. The molecule has 2 aliphatic rings. The van der Waals surface area contributed by atoms with Crippen LogP contribution >= 0.6 is 0 Å². The highest BCUT2D eigenvalue weighted by Gasteiger charge is 2.39. The Kier molecular flexibility index (Phi) is 3.90. The lowest BCUT2D eigenvalue weighted by Gasteiger charge is -2.37. The predicted molar refractivity (Wildman–Crippen MR) is 72.8 cm³/mol. The molecule has 0 saturated carbocycles. The van der Waals surface area contributed by atoms with E-state index in [1.807, 2.05) is 12.1 Å². The number of fused-ring (bicyclic) bond motifs is 1. The Morgan fingerprint density at radius 3 is 2.76 bits per heavy atom. The van der Waals surface area contributed by atoms with Gasteiger partial charge in [0.25, 0.3) is 5.91 Å². The van der Waals surface area contributed by atoms with Crippen LogP contribution in [0.4, 0.5) is 0 Å². The van der Waals surface area contributed by atoms with E-state index in [4.69, 9.17) is 9.47 Å². The molecule has 0 spiro atoms. The first-order valence-corrected chi connectivity index (χ1v) is 6.99. The van der Waals surface area contributed by atoms with Crippen LogP contribution in [0.15, 0.2) is 24.3 Å². The van der Waals surface area contributed by atoms with E-state index in [0.717, 1.165) is 5.56 Å². The third-order valence-corrected chi connectivity index (χ3v) is 3.89. The molecule has 0 aliphatic carbocycles. The molecule has 1 amide bonds. The molecule has 0 unspecified atom stereocenters. The zero-order chi connectivity index (χ0) is 14.8. The summed E-state index contributed by atoms with van der Waals surface area (Å²) >= 11 is 0. The minimum atomic E-state index is -1.02. The molecule has 0 bridgehead atoms. The number of hydrogen-bond donors (Lipinski definition) is 1. The van der Waals surface area contributed by atoms with E-state index in [1.54, 1.807) is 12.1 Å². The first-order chi connectivity index (χ1) is 10.2. The molecule has 1 saturated heterocycles. The van der Waals surface area contributed by atoms with Crippen molar-refractivity contribution in [3.63, 3.8) is 0 Å². The average molecular weight is 291 g/mol. The fraction of sp³-hybridized carbons (Fsp3) is 0.467. The van der Waals surface area contributed by atoms with E-state index in [0.29, 0.717) is 31.7 Å². The summed E-state index contributed by atoms with van der Waals surface area (Å²) in [4.78, 5) is 25.6. The fourth-order valence-corrected chi connectivity index (χ4v) is 2.89. The molecule has 6 heteroatoms. The van der Waals surface area contributed by atoms with Gasteiger partial charge < -0.3 is 19.5 Å². The van der Waals surface area contributed by atoms with Crippen molar-refractivity contribution in [2.24, 2.45) is 0 Å². The van der Waals surface area contributed by atoms with E-state index in [2.05, 4.69) is 0 Å². The number of hydrogen-bond acceptors (Lipinski definition) is 4. The van der Waals surface area contributed by atoms with Gasteiger partial charge in [0, 0.05) is 6.54 Å². The molecule has 0 aromatic heterocycles. The van der Waals surface area contributed by atoms with Crippen molar-refractivity contribution < 1.29 is 24.2 Å². The molecule has 1 fully saturated rings. The largest absolute Gasteiger partial charge is 0.479 e. The van der Waals surface area contributed by atoms with Crippen LogP contribution in [0.25, 0.3) is 0 Å². The van der Waals surface area contributed by atoms with Crippen LogP contribution in [-0.4, -0.2) is 54.4 Å². The SMILES string of the molecule is O=C(O)[C@H]1c2ccccc2CCN1C(=O)[C@@H]1COCCO1. The summed E-state index contributed by atoms with van der Waals surface area (Å²) in [5, 5.41) is 9.54. The number of carbonyl (C=O) groups is 2. The number of aliphatic carboxylic acids is 1. The minimum Gasteiger partial charge on any atom is -0.479 e. The second-order valence-electron chi connectivity index (χ2n) is 5.16. The lowest BCUT2D eigenvalue weighted by atomic mass is 9.92. The molecular weight excluding hydrogens is 274 g/mol. The molecule has 1 N–H and O–H groups in total. The molecule has 1 aromatic rings. The van der Waals surface area contributed by atoms with Gasteiger partial charge in [-0.2, -0.15) is 0 Å². The Morgan fingerprint density at radius 1 is 1.24 bits per heavy atom. The first kappa shape index (κ1) is 14.0. The maximum atomic E-state index is 12.5. The van der Waals surface area contributed by atoms with Gasteiger partial charge in [-0.05, 0) is 17.5 Å². The van der Waals surface area contributed by atoms with Gasteiger partial charge in [0.15, 0.2) is 12.1 Å². The quantitative estimate of drug-likeness (QED) is 0.864. The molecule has 2 heterocycles. The first-order valence-electron chi connectivity index (χ1n) is 6.99. The fourth-order valence-electron chi connectivity index (χ4n) is 2.89. The Labute approximate surface area is 122 Å². The molecule has 112 valence electrons. The normalized spacial score (nSPS) is 25.2. The van der Waals surface area contributed by atoms with E-state index < -0.39 is 18.1 Å². The second-order valence-corrected chi connectivity index (χ2v) is 5.16. The highest BCUT2D eigenvalue weighted by Crippen LogP contribution is 2.30. The highest BCUT2D eigenvalue weighted by molar-refractivity contribution is 5.88. The number of carboxylic acids is 1. The Balaban J connectivity index is 1.88. The van der Waals surface area contributed by atoms with Crippen LogP contribution in [0.5, 0.6) is 0 Å². The number of benzene rings is 1. The number of nitrogens with zero attached hydrogens (tertiary/aromatic N) is 1. The average Bonchev–Trinajstić information content (AvgIpc) is 2.53. The van der Waals surface area contributed by atoms with Crippen LogP contribution in [0.1, 0.15) is 17.2 Å². The van der Waals surface area contributed by atoms with Gasteiger partial charge in [-0.1, -0.05) is 24.3 Å². The molecule has 21 heavy (non-hydrogen) atoms. The van der Waals surface area contributed by atoms with Crippen LogP contribution < -0.4 is 0 Å². The van der Waals surface area contributed by atoms with Crippen molar-refractivity contribution in [2.75, 3.05) is 26.4 Å². The molecule has 2 aliphatic heterocycles. The highest BCUT2D eigenvalue weighted by atomic mass is 16.6. The molecule has 6 nitrogen and oxygen atoms in total. The lowest BCUT2D eigenvalue weighted by molar-refractivity contribution is -0.166. The zero-order valence-corrected chi connectivity index (χ0v) is 11.5. The topological polar surface area (TPSA) is 76.1 Å². The summed E-state index contributed by atoms with van der Waals surface area (Å²) < 4.78 is 10.6. The van der Waals surface area contributed by atoms with Gasteiger partial charge in [-0.15, -0.1) is 0 Å². The van der Waals surface area contributed by atoms with Gasteiger partial charge in [0.05, 0.1) is 19.8 Å². The molecule has 2 atom stereocenters. The predicted octanol–water partition coefficient (Wildman–Crippen LogP) is 0.612. The van der Waals surface area contributed by atoms with Gasteiger partial charge >= 0.3 is 5.97 Å². The van der Waals surface area contributed by atoms with Crippen molar-refractivity contribution in [1.29, 1.82) is 0 Å². The van der Waals surface area contributed by atoms with Gasteiger partial charge in [0.2, 0.25) is 0 Å². The Hall–Kier alpha value is -1.92. The van der Waals surface area contributed by atoms with Crippen LogP contribution in [0, 0.1) is 0 Å². The third kappa shape index (κ3) is 2.64. The van der Waals surface area contributed by atoms with Crippen molar-refractivity contribution in [3.8, 4) is 0 Å². The lowest BCUT2D eigenvalue weighted by Crippen LogP contribution is -2.50. The minimum absolute atomic E-state index is 0.184. The van der Waals surface area contributed by atoms with Crippen molar-refractivity contribution >= 4 is 11.9 Å². The second kappa shape index (κ2) is 5.83. The number of amides is 1. The number of ether oxygens (including phenoxy) is 2. The third-order valence-electron chi connectivity index (χ3n) is 3.89. The summed E-state index contributed by atoms with van der Waals surface area (Å²) in [7, 11) is 0. The summed E-state index contributed by atoms with van der Waals surface area (Å²) in [5.74, 6) is -1.33. The zero-order valence-electron chi connectivity index (χ0n) is 11.5. The van der Waals surface area contributed by atoms with E-state index in [1.165, 1.54) is 4.90 Å². The monoisotopic (exact) mass is 291 g/mol. The van der Waals surface area contributed by atoms with E-state index >= 15 is 0 Å².